The maximum atomic E-state index is 12.4. The van der Waals surface area contributed by atoms with Gasteiger partial charge in [-0.25, -0.2) is 0 Å². The Labute approximate surface area is 276 Å². The van der Waals surface area contributed by atoms with Crippen LogP contribution >= 0.6 is 7.82 Å². The van der Waals surface area contributed by atoms with Crippen LogP contribution in [0.2, 0.25) is 0 Å². The minimum Gasteiger partial charge on any atom is -0.756 e. The van der Waals surface area contributed by atoms with Gasteiger partial charge in [0.05, 0.1) is 12.8 Å². The number of hydrogen-bond donors (Lipinski definition) is 4. The Balaban J connectivity index is 0.980. The SMILES string of the molecule is NC(=O)c1ccc[n+]([C@@H]2O[C@H](COP(=O)([O-])OCc3cn(CCCCC(=O)NCc4ccc(-c5ccccc5)cc4)nn3)[C@@H](O)[C@H]2O)c1. The van der Waals surface area contributed by atoms with E-state index in [0.29, 0.717) is 32.4 Å². The number of pyridine rings is 1. The zero-order valence-corrected chi connectivity index (χ0v) is 26.8. The Hall–Kier alpha value is -4.34. The average Bonchev–Trinajstić information content (AvgIpc) is 3.67. The first-order chi connectivity index (χ1) is 23.1. The van der Waals surface area contributed by atoms with Crippen molar-refractivity contribution in [2.45, 2.75) is 63.5 Å². The number of ether oxygens (including phenoxy) is 1. The third-order valence-corrected chi connectivity index (χ3v) is 8.59. The highest BCUT2D eigenvalue weighted by molar-refractivity contribution is 7.45. The van der Waals surface area contributed by atoms with Gasteiger partial charge in [0.15, 0.2) is 18.5 Å². The van der Waals surface area contributed by atoms with Crippen molar-refractivity contribution in [2.75, 3.05) is 6.61 Å². The molecule has 2 aromatic carbocycles. The standard InChI is InChI=1S/C32H37N6O9P/c33-31(42)25-9-6-15-37(18-25)32-30(41)29(40)27(47-32)21-46-48(43,44)45-20-26-19-38(36-35-26)16-5-4-10-28(39)34-17-22-11-13-24(14-12-22)23-7-2-1-3-8-23/h1-3,6-9,11-15,18-19,27,29-30,32,40-41H,4-5,10,16-17,20-21H2,(H3-,33,34,39,42,43,44)/t27-,29-,30-,32-/m1/s1. The molecule has 0 aliphatic carbocycles. The van der Waals surface area contributed by atoms with Crippen molar-refractivity contribution in [1.82, 2.24) is 20.3 Å². The fourth-order valence-corrected chi connectivity index (χ4v) is 5.76. The largest absolute Gasteiger partial charge is 0.756 e. The number of unbranched alkanes of at least 4 members (excludes halogenated alkanes) is 1. The summed E-state index contributed by atoms with van der Waals surface area (Å²) < 4.78 is 30.6. The van der Waals surface area contributed by atoms with E-state index in [2.05, 4.69) is 15.6 Å². The van der Waals surface area contributed by atoms with Crippen LogP contribution in [-0.4, -0.2) is 61.9 Å². The Morgan fingerprint density at radius 1 is 1.02 bits per heavy atom. The van der Waals surface area contributed by atoms with Crippen molar-refractivity contribution < 1.29 is 47.6 Å². The van der Waals surface area contributed by atoms with E-state index in [0.717, 1.165) is 16.7 Å². The van der Waals surface area contributed by atoms with Gasteiger partial charge in [-0.2, -0.15) is 4.57 Å². The predicted octanol–water partition coefficient (Wildman–Crippen LogP) is 1.14. The number of carbonyl (C=O) groups is 2. The molecule has 3 heterocycles. The molecule has 0 bridgehead atoms. The van der Waals surface area contributed by atoms with Crippen LogP contribution in [0.5, 0.6) is 0 Å². The molecule has 4 aromatic rings. The monoisotopic (exact) mass is 680 g/mol. The molecule has 16 heteroatoms. The summed E-state index contributed by atoms with van der Waals surface area (Å²) in [6.45, 7) is -0.166. The quantitative estimate of drug-likeness (QED) is 0.0748. The van der Waals surface area contributed by atoms with E-state index in [9.17, 15) is 29.3 Å². The molecule has 0 spiro atoms. The number of nitrogens with one attached hydrogen (secondary N) is 1. The van der Waals surface area contributed by atoms with Crippen molar-refractivity contribution in [3.8, 4) is 11.1 Å². The molecular formula is C32H37N6O9P. The van der Waals surface area contributed by atoms with E-state index in [4.69, 9.17) is 19.5 Å². The number of primary amides is 1. The lowest BCUT2D eigenvalue weighted by atomic mass is 10.0. The molecule has 1 aliphatic heterocycles. The number of phosphoric ester groups is 1. The highest BCUT2D eigenvalue weighted by atomic mass is 31.2. The summed E-state index contributed by atoms with van der Waals surface area (Å²) in [7, 11) is -4.86. The maximum absolute atomic E-state index is 12.4. The molecule has 0 saturated carbocycles. The molecule has 5 N–H and O–H groups in total. The summed E-state index contributed by atoms with van der Waals surface area (Å²) in [4.78, 5) is 36.1. The third kappa shape index (κ3) is 9.61. The van der Waals surface area contributed by atoms with Crippen LogP contribution in [0.4, 0.5) is 0 Å². The smallest absolute Gasteiger partial charge is 0.292 e. The number of amides is 2. The van der Waals surface area contributed by atoms with Gasteiger partial charge in [0.1, 0.15) is 30.1 Å². The lowest BCUT2D eigenvalue weighted by molar-refractivity contribution is -0.765. The fraction of sp³-hybridized carbons (Fsp3) is 0.344. The van der Waals surface area contributed by atoms with E-state index in [1.165, 1.54) is 40.0 Å². The second-order valence-corrected chi connectivity index (χ2v) is 12.6. The highest BCUT2D eigenvalue weighted by Gasteiger charge is 2.48. The van der Waals surface area contributed by atoms with Gasteiger partial charge in [0.25, 0.3) is 20.0 Å². The zero-order chi connectivity index (χ0) is 34.1. The van der Waals surface area contributed by atoms with E-state index in [-0.39, 0.29) is 17.2 Å². The summed E-state index contributed by atoms with van der Waals surface area (Å²) in [5.41, 5.74) is 8.93. The first-order valence-corrected chi connectivity index (χ1v) is 16.8. The van der Waals surface area contributed by atoms with Gasteiger partial charge < -0.3 is 39.9 Å². The maximum Gasteiger partial charge on any atom is 0.292 e. The van der Waals surface area contributed by atoms with Gasteiger partial charge in [-0.1, -0.05) is 59.8 Å². The van der Waals surface area contributed by atoms with Crippen LogP contribution in [0, 0.1) is 0 Å². The summed E-state index contributed by atoms with van der Waals surface area (Å²) in [6, 6.07) is 21.1. The van der Waals surface area contributed by atoms with Gasteiger partial charge >= 0.3 is 0 Å². The molecule has 1 aliphatic rings. The minimum absolute atomic E-state index is 0.0578. The Bertz CT molecular complexity index is 1720. The zero-order valence-electron chi connectivity index (χ0n) is 25.9. The van der Waals surface area contributed by atoms with Crippen molar-refractivity contribution in [2.24, 2.45) is 5.73 Å². The number of benzene rings is 2. The summed E-state index contributed by atoms with van der Waals surface area (Å²) in [6.07, 6.45) is 0.724. The minimum atomic E-state index is -4.86. The Morgan fingerprint density at radius 2 is 1.77 bits per heavy atom. The molecule has 5 atom stereocenters. The number of carbonyl (C=O) groups excluding carboxylic acids is 2. The van der Waals surface area contributed by atoms with Crippen LogP contribution in [0.25, 0.3) is 11.1 Å². The lowest BCUT2D eigenvalue weighted by Crippen LogP contribution is -2.46. The molecule has 1 saturated heterocycles. The molecule has 5 rings (SSSR count). The van der Waals surface area contributed by atoms with Gasteiger partial charge in [-0.05, 0) is 35.6 Å². The Kier molecular flexibility index (Phi) is 11.8. The van der Waals surface area contributed by atoms with Crippen molar-refractivity contribution in [3.05, 3.63) is 102 Å². The van der Waals surface area contributed by atoms with Crippen LogP contribution in [-0.2, 0) is 42.8 Å². The van der Waals surface area contributed by atoms with Crippen LogP contribution in [0.3, 0.4) is 0 Å². The second-order valence-electron chi connectivity index (χ2n) is 11.2. The second kappa shape index (κ2) is 16.2. The molecule has 2 amide bonds. The number of aliphatic hydroxyl groups is 2. The highest BCUT2D eigenvalue weighted by Crippen LogP contribution is 2.40. The van der Waals surface area contributed by atoms with Crippen molar-refractivity contribution in [1.29, 1.82) is 0 Å². The number of hydrogen-bond acceptors (Lipinski definition) is 11. The number of aromatic nitrogens is 4. The Morgan fingerprint density at radius 3 is 2.52 bits per heavy atom. The van der Waals surface area contributed by atoms with Gasteiger partial charge in [-0.15, -0.1) is 5.10 Å². The molecule has 1 unspecified atom stereocenters. The van der Waals surface area contributed by atoms with E-state index < -0.39 is 51.5 Å². The first-order valence-electron chi connectivity index (χ1n) is 15.3. The normalized spacial score (nSPS) is 20.3. The predicted molar refractivity (Wildman–Crippen MR) is 167 cm³/mol. The van der Waals surface area contributed by atoms with Gasteiger partial charge in [0.2, 0.25) is 5.91 Å². The third-order valence-electron chi connectivity index (χ3n) is 7.68. The van der Waals surface area contributed by atoms with Crippen LogP contribution in [0.15, 0.2) is 85.3 Å². The molecule has 48 heavy (non-hydrogen) atoms. The van der Waals surface area contributed by atoms with Crippen molar-refractivity contribution in [3.63, 3.8) is 0 Å². The molecule has 1 fully saturated rings. The van der Waals surface area contributed by atoms with Gasteiger partial charge in [0, 0.05) is 25.6 Å². The van der Waals surface area contributed by atoms with Crippen LogP contribution in [0.1, 0.15) is 47.1 Å². The number of rotatable bonds is 16. The van der Waals surface area contributed by atoms with Crippen molar-refractivity contribution >= 4 is 19.6 Å². The fourth-order valence-electron chi connectivity index (χ4n) is 5.07. The first kappa shape index (κ1) is 35.0. The summed E-state index contributed by atoms with van der Waals surface area (Å²) in [5, 5.41) is 31.6. The molecule has 15 nitrogen and oxygen atoms in total. The molecule has 254 valence electrons. The molecular weight excluding hydrogens is 643 g/mol. The van der Waals surface area contributed by atoms with E-state index >= 15 is 0 Å². The number of nitrogens with zero attached hydrogens (tertiary/aromatic N) is 4. The number of phosphoric acid groups is 1. The molecule has 2 aromatic heterocycles. The lowest BCUT2D eigenvalue weighted by Gasteiger charge is -2.24. The average molecular weight is 681 g/mol. The number of aliphatic hydroxyl groups excluding tert-OH is 2. The van der Waals surface area contributed by atoms with Gasteiger partial charge in [-0.3, -0.25) is 18.8 Å². The van der Waals surface area contributed by atoms with E-state index in [1.54, 1.807) is 0 Å². The number of nitrogens with two attached hydrogens (primary N) is 1. The summed E-state index contributed by atoms with van der Waals surface area (Å²) in [5.74, 6) is -0.753. The number of aryl methyl sites for hydroxylation is 1. The van der Waals surface area contributed by atoms with E-state index in [1.807, 2.05) is 54.6 Å². The van der Waals surface area contributed by atoms with Crippen LogP contribution < -0.4 is 20.5 Å². The molecule has 0 radical (unpaired) electrons. The topological polar surface area (TPSA) is 215 Å². The summed E-state index contributed by atoms with van der Waals surface area (Å²) >= 11 is 0.